The maximum Gasteiger partial charge on any atom is 0.264 e. The van der Waals surface area contributed by atoms with Gasteiger partial charge in [0.15, 0.2) is 0 Å². The van der Waals surface area contributed by atoms with Crippen molar-refractivity contribution in [3.8, 4) is 0 Å². The third-order valence-corrected chi connectivity index (χ3v) is 11.1. The summed E-state index contributed by atoms with van der Waals surface area (Å²) in [7, 11) is -3.99. The molecule has 174 valence electrons. The van der Waals surface area contributed by atoms with Crippen molar-refractivity contribution < 1.29 is 28.3 Å². The lowest BCUT2D eigenvalue weighted by molar-refractivity contribution is -0.206. The van der Waals surface area contributed by atoms with E-state index in [2.05, 4.69) is 13.8 Å². The summed E-state index contributed by atoms with van der Waals surface area (Å²) in [5, 5.41) is 32.9. The van der Waals surface area contributed by atoms with E-state index < -0.39 is 22.3 Å². The molecule has 0 aromatic rings. The van der Waals surface area contributed by atoms with Crippen LogP contribution in [0.3, 0.4) is 0 Å². The summed E-state index contributed by atoms with van der Waals surface area (Å²) in [6, 6.07) is 0. The number of rotatable bonds is 4. The van der Waals surface area contributed by atoms with Gasteiger partial charge in [-0.1, -0.05) is 20.8 Å². The van der Waals surface area contributed by atoms with Gasteiger partial charge in [0.05, 0.1) is 24.1 Å². The monoisotopic (exact) mass is 444 g/mol. The molecule has 4 aliphatic carbocycles. The van der Waals surface area contributed by atoms with Gasteiger partial charge in [-0.15, -0.1) is 0 Å². The van der Waals surface area contributed by atoms with Gasteiger partial charge in [0, 0.05) is 0 Å². The molecule has 6 nitrogen and oxygen atoms in total. The zero-order valence-corrected chi connectivity index (χ0v) is 19.4. The number of hydrogen-bond donors (Lipinski definition) is 4. The molecule has 0 saturated heterocycles. The average molecular weight is 445 g/mol. The predicted octanol–water partition coefficient (Wildman–Crippen LogP) is 2.86. The normalized spacial score (nSPS) is 52.2. The summed E-state index contributed by atoms with van der Waals surface area (Å²) in [5.74, 6) is 0.989. The first-order chi connectivity index (χ1) is 13.9. The van der Waals surface area contributed by atoms with Gasteiger partial charge in [-0.25, -0.2) is 0 Å². The van der Waals surface area contributed by atoms with Gasteiger partial charge in [0.25, 0.3) is 10.1 Å². The Morgan fingerprint density at radius 1 is 1.00 bits per heavy atom. The Bertz CT molecular complexity index is 755. The largest absolute Gasteiger partial charge is 0.393 e. The van der Waals surface area contributed by atoms with Crippen LogP contribution in [0.2, 0.25) is 0 Å². The van der Waals surface area contributed by atoms with E-state index in [0.29, 0.717) is 18.8 Å². The topological polar surface area (TPSA) is 115 Å². The first-order valence-electron chi connectivity index (χ1n) is 11.9. The summed E-state index contributed by atoms with van der Waals surface area (Å²) in [6.07, 6.45) is 5.06. The highest BCUT2D eigenvalue weighted by molar-refractivity contribution is 7.85. The Morgan fingerprint density at radius 2 is 1.70 bits per heavy atom. The molecule has 0 heterocycles. The lowest BCUT2D eigenvalue weighted by Gasteiger charge is -2.63. The number of hydrogen-bond acceptors (Lipinski definition) is 5. The van der Waals surface area contributed by atoms with E-state index in [1.807, 2.05) is 6.92 Å². The highest BCUT2D eigenvalue weighted by Crippen LogP contribution is 2.68. The predicted molar refractivity (Wildman–Crippen MR) is 114 cm³/mol. The fraction of sp³-hybridized carbons (Fsp3) is 1.00. The van der Waals surface area contributed by atoms with Crippen LogP contribution in [0, 0.1) is 46.3 Å². The third-order valence-electron chi connectivity index (χ3n) is 10.4. The lowest BCUT2D eigenvalue weighted by atomic mass is 9.43. The Hall–Kier alpha value is -0.210. The highest BCUT2D eigenvalue weighted by Gasteiger charge is 2.65. The fourth-order valence-electron chi connectivity index (χ4n) is 8.67. The lowest BCUT2D eigenvalue weighted by Crippen LogP contribution is -2.62. The molecule has 4 aliphatic rings. The fourth-order valence-corrected chi connectivity index (χ4v) is 9.34. The van der Waals surface area contributed by atoms with Gasteiger partial charge in [-0.05, 0) is 97.7 Å². The smallest absolute Gasteiger partial charge is 0.264 e. The average Bonchev–Trinajstić information content (AvgIpc) is 3.00. The van der Waals surface area contributed by atoms with Gasteiger partial charge in [-0.3, -0.25) is 4.55 Å². The maximum absolute atomic E-state index is 11.5. The quantitative estimate of drug-likeness (QED) is 0.496. The van der Waals surface area contributed by atoms with Crippen molar-refractivity contribution >= 4 is 10.1 Å². The zero-order chi connectivity index (χ0) is 22.1. The summed E-state index contributed by atoms with van der Waals surface area (Å²) in [5.41, 5.74) is -0.279. The summed E-state index contributed by atoms with van der Waals surface area (Å²) < 4.78 is 31.7. The maximum atomic E-state index is 11.5. The Balaban J connectivity index is 1.60. The van der Waals surface area contributed by atoms with E-state index in [1.165, 1.54) is 0 Å². The van der Waals surface area contributed by atoms with E-state index in [0.717, 1.165) is 38.5 Å². The van der Waals surface area contributed by atoms with Crippen LogP contribution in [0.15, 0.2) is 0 Å². The molecule has 4 saturated carbocycles. The van der Waals surface area contributed by atoms with E-state index >= 15 is 0 Å². The highest BCUT2D eigenvalue weighted by atomic mass is 32.2. The van der Waals surface area contributed by atoms with Crippen molar-refractivity contribution in [2.75, 3.05) is 5.75 Å². The van der Waals surface area contributed by atoms with Crippen molar-refractivity contribution in [2.45, 2.75) is 90.4 Å². The van der Waals surface area contributed by atoms with Gasteiger partial charge < -0.3 is 15.3 Å². The Kier molecular flexibility index (Phi) is 5.88. The van der Waals surface area contributed by atoms with Gasteiger partial charge in [-0.2, -0.15) is 8.42 Å². The molecule has 0 bridgehead atoms. The number of fused-ring (bicyclic) bond motifs is 5. The molecule has 0 aromatic heterocycles. The Morgan fingerprint density at radius 3 is 2.37 bits per heavy atom. The number of aliphatic hydroxyl groups excluding tert-OH is 3. The summed E-state index contributed by atoms with van der Waals surface area (Å²) in [4.78, 5) is 0. The standard InChI is InChI=1S/C23H40O6S/c1-13(7-9-30(27,28)29)16-4-5-17-21-18(12-20(26)23(16,17)3)22(2)8-6-15(24)10-14(22)11-19(21)25/h13-21,24-26H,4-12H2,1-3H3,(H,27,28,29)/t13-,14-,15+,16+,17-,18-,19-,20-,21-,22+,23+/m1/s1. The van der Waals surface area contributed by atoms with Crippen LogP contribution in [0.4, 0.5) is 0 Å². The number of aliphatic hydroxyl groups is 3. The van der Waals surface area contributed by atoms with E-state index in [-0.39, 0.29) is 52.3 Å². The van der Waals surface area contributed by atoms with Crippen molar-refractivity contribution in [2.24, 2.45) is 46.3 Å². The molecule has 0 radical (unpaired) electrons. The molecule has 0 aromatic carbocycles. The molecule has 7 heteroatoms. The SMILES string of the molecule is C[C@H](CCS(=O)(=O)O)[C@@H]1CC[C@@H]2[C@H]3[C@H](O)C[C@H]4C[C@@H](O)CC[C@]4(C)[C@@H]3C[C@@H](O)[C@]21C. The van der Waals surface area contributed by atoms with Crippen LogP contribution in [-0.2, 0) is 10.1 Å². The summed E-state index contributed by atoms with van der Waals surface area (Å²) in [6.45, 7) is 6.52. The van der Waals surface area contributed by atoms with Gasteiger partial charge in [0.2, 0.25) is 0 Å². The van der Waals surface area contributed by atoms with E-state index in [1.54, 1.807) is 0 Å². The molecule has 30 heavy (non-hydrogen) atoms. The van der Waals surface area contributed by atoms with Crippen molar-refractivity contribution in [3.63, 3.8) is 0 Å². The molecule has 0 amide bonds. The van der Waals surface area contributed by atoms with Crippen LogP contribution < -0.4 is 0 Å². The molecule has 4 N–H and O–H groups in total. The molecule has 0 unspecified atom stereocenters. The second-order valence-electron chi connectivity index (χ2n) is 11.6. The van der Waals surface area contributed by atoms with Crippen molar-refractivity contribution in [1.82, 2.24) is 0 Å². The minimum Gasteiger partial charge on any atom is -0.393 e. The van der Waals surface area contributed by atoms with Crippen LogP contribution in [-0.4, -0.2) is 52.4 Å². The van der Waals surface area contributed by atoms with Crippen LogP contribution >= 0.6 is 0 Å². The first-order valence-corrected chi connectivity index (χ1v) is 13.5. The third kappa shape index (κ3) is 3.57. The zero-order valence-electron chi connectivity index (χ0n) is 18.6. The van der Waals surface area contributed by atoms with E-state index in [9.17, 15) is 28.3 Å². The second kappa shape index (κ2) is 7.68. The Labute approximate surface area is 181 Å². The van der Waals surface area contributed by atoms with Gasteiger partial charge in [0.1, 0.15) is 0 Å². The molecule has 0 aliphatic heterocycles. The first kappa shape index (κ1) is 23.0. The van der Waals surface area contributed by atoms with Crippen molar-refractivity contribution in [3.05, 3.63) is 0 Å². The second-order valence-corrected chi connectivity index (χ2v) is 13.1. The minimum absolute atomic E-state index is 0.0557. The van der Waals surface area contributed by atoms with Crippen LogP contribution in [0.5, 0.6) is 0 Å². The molecule has 4 rings (SSSR count). The van der Waals surface area contributed by atoms with Gasteiger partial charge >= 0.3 is 0 Å². The summed E-state index contributed by atoms with van der Waals surface area (Å²) >= 11 is 0. The molecule has 11 atom stereocenters. The molecular formula is C23H40O6S. The van der Waals surface area contributed by atoms with E-state index in [4.69, 9.17) is 0 Å². The molecular weight excluding hydrogens is 404 g/mol. The van der Waals surface area contributed by atoms with Crippen LogP contribution in [0.25, 0.3) is 0 Å². The molecule has 0 spiro atoms. The minimum atomic E-state index is -3.99. The van der Waals surface area contributed by atoms with Crippen molar-refractivity contribution in [1.29, 1.82) is 0 Å². The van der Waals surface area contributed by atoms with Crippen LogP contribution in [0.1, 0.15) is 72.1 Å². The molecule has 4 fully saturated rings.